The molecule has 1 atom stereocenters. The molecule has 0 saturated heterocycles. The predicted octanol–water partition coefficient (Wildman–Crippen LogP) is 3.14. The highest BCUT2D eigenvalue weighted by Crippen LogP contribution is 2.29. The van der Waals surface area contributed by atoms with Gasteiger partial charge in [-0.3, -0.25) is 0 Å². The van der Waals surface area contributed by atoms with Crippen LogP contribution >= 0.6 is 0 Å². The average Bonchev–Trinajstić information content (AvgIpc) is 3.14. The van der Waals surface area contributed by atoms with Crippen molar-refractivity contribution in [1.82, 2.24) is 14.9 Å². The summed E-state index contributed by atoms with van der Waals surface area (Å²) in [4.78, 5) is 4.25. The lowest BCUT2D eigenvalue weighted by Crippen LogP contribution is -2.39. The van der Waals surface area contributed by atoms with Crippen molar-refractivity contribution in [3.8, 4) is 5.69 Å². The van der Waals surface area contributed by atoms with Crippen molar-refractivity contribution in [3.05, 3.63) is 48.0 Å². The Kier molecular flexibility index (Phi) is 4.32. The summed E-state index contributed by atoms with van der Waals surface area (Å²) in [6.07, 6.45) is 7.92. The molecule has 1 aliphatic rings. The van der Waals surface area contributed by atoms with E-state index in [-0.39, 0.29) is 6.04 Å². The lowest BCUT2D eigenvalue weighted by Gasteiger charge is -2.25. The normalized spacial score (nSPS) is 18.5. The van der Waals surface area contributed by atoms with Gasteiger partial charge in [-0.05, 0) is 44.4 Å². The van der Waals surface area contributed by atoms with E-state index < -0.39 is 5.60 Å². The third-order valence-corrected chi connectivity index (χ3v) is 4.77. The van der Waals surface area contributed by atoms with Gasteiger partial charge in [0.1, 0.15) is 5.82 Å². The standard InChI is InChI=1S/C18H25N3O/c1-14(20-13-18(22)9-3-4-10-18)16-5-7-17(8-6-16)21-12-11-19-15(21)2/h5-8,11-12,14,20,22H,3-4,9-10,13H2,1-2H3. The first-order chi connectivity index (χ1) is 10.6. The highest BCUT2D eigenvalue weighted by atomic mass is 16.3. The number of benzene rings is 1. The number of nitrogens with one attached hydrogen (secondary N) is 1. The number of aromatic nitrogens is 2. The van der Waals surface area contributed by atoms with Crippen molar-refractivity contribution >= 4 is 0 Å². The maximum Gasteiger partial charge on any atom is 0.110 e. The Morgan fingerprint density at radius 3 is 2.55 bits per heavy atom. The molecule has 1 heterocycles. The van der Waals surface area contributed by atoms with Gasteiger partial charge >= 0.3 is 0 Å². The first-order valence-electron chi connectivity index (χ1n) is 8.13. The fourth-order valence-electron chi connectivity index (χ4n) is 3.25. The quantitative estimate of drug-likeness (QED) is 0.892. The van der Waals surface area contributed by atoms with Crippen molar-refractivity contribution in [2.24, 2.45) is 0 Å². The van der Waals surface area contributed by atoms with Gasteiger partial charge in [0.2, 0.25) is 0 Å². The van der Waals surface area contributed by atoms with E-state index in [2.05, 4.69) is 46.1 Å². The molecule has 0 aliphatic heterocycles. The molecule has 22 heavy (non-hydrogen) atoms. The molecule has 0 spiro atoms. The van der Waals surface area contributed by atoms with Gasteiger partial charge in [-0.15, -0.1) is 0 Å². The van der Waals surface area contributed by atoms with Crippen LogP contribution in [0.25, 0.3) is 5.69 Å². The van der Waals surface area contributed by atoms with E-state index in [1.54, 1.807) is 0 Å². The van der Waals surface area contributed by atoms with Gasteiger partial charge in [0.15, 0.2) is 0 Å². The minimum absolute atomic E-state index is 0.238. The zero-order valence-corrected chi connectivity index (χ0v) is 13.4. The van der Waals surface area contributed by atoms with Crippen molar-refractivity contribution in [2.45, 2.75) is 51.2 Å². The molecule has 4 nitrogen and oxygen atoms in total. The fourth-order valence-corrected chi connectivity index (χ4v) is 3.25. The zero-order chi connectivity index (χ0) is 15.6. The second kappa shape index (κ2) is 6.23. The van der Waals surface area contributed by atoms with Crippen molar-refractivity contribution in [3.63, 3.8) is 0 Å². The van der Waals surface area contributed by atoms with Crippen LogP contribution in [0.2, 0.25) is 0 Å². The van der Waals surface area contributed by atoms with Crippen molar-refractivity contribution < 1.29 is 5.11 Å². The predicted molar refractivity (Wildman–Crippen MR) is 88.1 cm³/mol. The average molecular weight is 299 g/mol. The molecular weight excluding hydrogens is 274 g/mol. The number of hydrogen-bond donors (Lipinski definition) is 2. The number of hydrogen-bond acceptors (Lipinski definition) is 3. The largest absolute Gasteiger partial charge is 0.389 e. The van der Waals surface area contributed by atoms with E-state index in [0.29, 0.717) is 6.54 Å². The first kappa shape index (κ1) is 15.3. The van der Waals surface area contributed by atoms with E-state index in [9.17, 15) is 5.11 Å². The molecule has 3 rings (SSSR count). The lowest BCUT2D eigenvalue weighted by molar-refractivity contribution is 0.0453. The van der Waals surface area contributed by atoms with Gasteiger partial charge in [-0.25, -0.2) is 4.98 Å². The summed E-state index contributed by atoms with van der Waals surface area (Å²) in [5, 5.41) is 13.9. The summed E-state index contributed by atoms with van der Waals surface area (Å²) in [6.45, 7) is 4.83. The maximum absolute atomic E-state index is 10.4. The summed E-state index contributed by atoms with van der Waals surface area (Å²) >= 11 is 0. The SMILES string of the molecule is Cc1nccn1-c1ccc(C(C)NCC2(O)CCCC2)cc1. The van der Waals surface area contributed by atoms with E-state index >= 15 is 0 Å². The fraction of sp³-hybridized carbons (Fsp3) is 0.500. The molecule has 118 valence electrons. The Morgan fingerprint density at radius 1 is 1.27 bits per heavy atom. The number of aryl methyl sites for hydroxylation is 1. The van der Waals surface area contributed by atoms with Crippen LogP contribution in [-0.2, 0) is 0 Å². The van der Waals surface area contributed by atoms with Crippen LogP contribution < -0.4 is 5.32 Å². The van der Waals surface area contributed by atoms with Crippen molar-refractivity contribution in [1.29, 1.82) is 0 Å². The molecule has 0 amide bonds. The maximum atomic E-state index is 10.4. The molecular formula is C18H25N3O. The molecule has 2 N–H and O–H groups in total. The van der Waals surface area contributed by atoms with Gasteiger partial charge in [0, 0.05) is 30.7 Å². The molecule has 1 aromatic carbocycles. The Balaban J connectivity index is 1.63. The molecule has 1 aliphatic carbocycles. The van der Waals surface area contributed by atoms with Crippen LogP contribution in [0.1, 0.15) is 50.0 Å². The van der Waals surface area contributed by atoms with Gasteiger partial charge < -0.3 is 15.0 Å². The topological polar surface area (TPSA) is 50.1 Å². The Bertz CT molecular complexity index is 612. The van der Waals surface area contributed by atoms with E-state index in [1.165, 1.54) is 5.56 Å². The zero-order valence-electron chi connectivity index (χ0n) is 13.4. The molecule has 1 aromatic heterocycles. The molecule has 0 radical (unpaired) electrons. The summed E-state index contributed by atoms with van der Waals surface area (Å²) in [5.74, 6) is 0.988. The minimum atomic E-state index is -0.498. The molecule has 2 aromatic rings. The van der Waals surface area contributed by atoms with E-state index in [1.807, 2.05) is 19.3 Å². The number of rotatable bonds is 5. The highest BCUT2D eigenvalue weighted by molar-refractivity contribution is 5.36. The summed E-state index contributed by atoms with van der Waals surface area (Å²) in [7, 11) is 0. The Morgan fingerprint density at radius 2 is 1.95 bits per heavy atom. The summed E-state index contributed by atoms with van der Waals surface area (Å²) in [6, 6.07) is 8.76. The first-order valence-corrected chi connectivity index (χ1v) is 8.13. The van der Waals surface area contributed by atoms with Crippen LogP contribution in [0.15, 0.2) is 36.7 Å². The van der Waals surface area contributed by atoms with Gasteiger partial charge in [-0.2, -0.15) is 0 Å². The lowest BCUT2D eigenvalue weighted by atomic mass is 10.0. The van der Waals surface area contributed by atoms with Crippen molar-refractivity contribution in [2.75, 3.05) is 6.54 Å². The highest BCUT2D eigenvalue weighted by Gasteiger charge is 2.30. The van der Waals surface area contributed by atoms with E-state index in [4.69, 9.17) is 0 Å². The van der Waals surface area contributed by atoms with Crippen LogP contribution in [0, 0.1) is 6.92 Å². The van der Waals surface area contributed by atoms with E-state index in [0.717, 1.165) is 37.2 Å². The second-order valence-electron chi connectivity index (χ2n) is 6.47. The third kappa shape index (κ3) is 3.23. The van der Waals surface area contributed by atoms with Gasteiger partial charge in [0.05, 0.1) is 5.60 Å². The number of nitrogens with zero attached hydrogens (tertiary/aromatic N) is 2. The third-order valence-electron chi connectivity index (χ3n) is 4.77. The molecule has 0 bridgehead atoms. The van der Waals surface area contributed by atoms with Crippen LogP contribution in [-0.4, -0.2) is 26.8 Å². The molecule has 1 saturated carbocycles. The van der Waals surface area contributed by atoms with Crippen LogP contribution in [0.4, 0.5) is 0 Å². The Hall–Kier alpha value is -1.65. The summed E-state index contributed by atoms with van der Waals surface area (Å²) < 4.78 is 2.07. The summed E-state index contributed by atoms with van der Waals surface area (Å²) in [5.41, 5.74) is 1.87. The number of aliphatic hydroxyl groups is 1. The molecule has 4 heteroatoms. The Labute approximate surface area is 132 Å². The monoisotopic (exact) mass is 299 g/mol. The van der Waals surface area contributed by atoms with Crippen LogP contribution in [0.5, 0.6) is 0 Å². The van der Waals surface area contributed by atoms with Crippen LogP contribution in [0.3, 0.4) is 0 Å². The number of imidazole rings is 1. The molecule has 1 unspecified atom stereocenters. The van der Waals surface area contributed by atoms with Gasteiger partial charge in [0.25, 0.3) is 0 Å². The smallest absolute Gasteiger partial charge is 0.110 e. The molecule has 1 fully saturated rings. The minimum Gasteiger partial charge on any atom is -0.389 e. The van der Waals surface area contributed by atoms with Gasteiger partial charge in [-0.1, -0.05) is 25.0 Å². The second-order valence-corrected chi connectivity index (χ2v) is 6.47.